The van der Waals surface area contributed by atoms with E-state index in [0.717, 1.165) is 0 Å². The van der Waals surface area contributed by atoms with Crippen molar-refractivity contribution in [1.29, 1.82) is 0 Å². The lowest BCUT2D eigenvalue weighted by atomic mass is 9.86. The Morgan fingerprint density at radius 1 is 1.28 bits per heavy atom. The number of likely N-dealkylation sites (N-methyl/N-ethyl adjacent to an activating group) is 1. The van der Waals surface area contributed by atoms with Crippen molar-refractivity contribution in [2.24, 2.45) is 11.1 Å². The lowest BCUT2D eigenvalue weighted by molar-refractivity contribution is -0.147. The SMILES string of the molecule is CCC.COC(=O)CN(C)C(=O)C(N)C(C)(C)C. The molecule has 0 heterocycles. The fourth-order valence-electron chi connectivity index (χ4n) is 0.944. The minimum absolute atomic E-state index is 0.0703. The fourth-order valence-corrected chi connectivity index (χ4v) is 0.944. The summed E-state index contributed by atoms with van der Waals surface area (Å²) in [5, 5.41) is 0. The first kappa shape index (κ1) is 19.2. The number of ether oxygens (including phenoxy) is 1. The van der Waals surface area contributed by atoms with Gasteiger partial charge in [-0.25, -0.2) is 0 Å². The molecule has 1 unspecified atom stereocenters. The summed E-state index contributed by atoms with van der Waals surface area (Å²) in [6, 6.07) is -0.618. The van der Waals surface area contributed by atoms with Crippen LogP contribution in [0.15, 0.2) is 0 Å². The zero-order valence-corrected chi connectivity index (χ0v) is 12.7. The molecule has 1 atom stereocenters. The van der Waals surface area contributed by atoms with Crippen molar-refractivity contribution >= 4 is 11.9 Å². The highest BCUT2D eigenvalue weighted by atomic mass is 16.5. The van der Waals surface area contributed by atoms with Gasteiger partial charge in [-0.2, -0.15) is 0 Å². The van der Waals surface area contributed by atoms with Crippen LogP contribution in [0.2, 0.25) is 0 Å². The first-order valence-electron chi connectivity index (χ1n) is 6.19. The zero-order valence-electron chi connectivity index (χ0n) is 12.7. The van der Waals surface area contributed by atoms with Gasteiger partial charge in [0.15, 0.2) is 0 Å². The molecule has 0 saturated heterocycles. The highest BCUT2D eigenvalue weighted by molar-refractivity contribution is 5.85. The minimum atomic E-state index is -0.618. The molecule has 0 aliphatic rings. The fraction of sp³-hybridized carbons (Fsp3) is 0.846. The Morgan fingerprint density at radius 3 is 1.94 bits per heavy atom. The number of carbonyl (C=O) groups excluding carboxylic acids is 2. The molecule has 108 valence electrons. The maximum absolute atomic E-state index is 11.7. The van der Waals surface area contributed by atoms with Crippen LogP contribution in [0.4, 0.5) is 0 Å². The van der Waals surface area contributed by atoms with Gasteiger partial charge in [0.1, 0.15) is 6.54 Å². The van der Waals surface area contributed by atoms with Gasteiger partial charge in [-0.15, -0.1) is 0 Å². The third-order valence-electron chi connectivity index (χ3n) is 2.17. The molecule has 5 heteroatoms. The van der Waals surface area contributed by atoms with Gasteiger partial charge in [-0.05, 0) is 5.41 Å². The van der Waals surface area contributed by atoms with E-state index >= 15 is 0 Å². The summed E-state index contributed by atoms with van der Waals surface area (Å²) in [4.78, 5) is 24.0. The molecule has 0 aromatic heterocycles. The quantitative estimate of drug-likeness (QED) is 0.779. The number of nitrogens with two attached hydrogens (primary N) is 1. The van der Waals surface area contributed by atoms with Gasteiger partial charge >= 0.3 is 5.97 Å². The Morgan fingerprint density at radius 2 is 1.67 bits per heavy atom. The van der Waals surface area contributed by atoms with E-state index in [1.54, 1.807) is 0 Å². The van der Waals surface area contributed by atoms with E-state index in [2.05, 4.69) is 18.6 Å². The first-order chi connectivity index (χ1) is 8.11. The molecule has 0 spiro atoms. The number of hydrogen-bond donors (Lipinski definition) is 1. The molecule has 0 aliphatic heterocycles. The van der Waals surface area contributed by atoms with Crippen molar-refractivity contribution in [3.8, 4) is 0 Å². The molecular formula is C13H28N2O3. The molecule has 2 N–H and O–H groups in total. The lowest BCUT2D eigenvalue weighted by Gasteiger charge is -2.29. The summed E-state index contributed by atoms with van der Waals surface area (Å²) < 4.78 is 4.46. The Hall–Kier alpha value is -1.10. The van der Waals surface area contributed by atoms with Crippen molar-refractivity contribution < 1.29 is 14.3 Å². The molecule has 5 nitrogen and oxygen atoms in total. The second-order valence-electron chi connectivity index (χ2n) is 5.32. The van der Waals surface area contributed by atoms with Crippen molar-refractivity contribution in [1.82, 2.24) is 4.90 Å². The van der Waals surface area contributed by atoms with Gasteiger partial charge in [-0.3, -0.25) is 9.59 Å². The Labute approximate surface area is 111 Å². The molecule has 0 aliphatic carbocycles. The van der Waals surface area contributed by atoms with Crippen LogP contribution in [-0.4, -0.2) is 43.5 Å². The van der Waals surface area contributed by atoms with Gasteiger partial charge in [0.25, 0.3) is 0 Å². The predicted molar refractivity (Wildman–Crippen MR) is 73.0 cm³/mol. The van der Waals surface area contributed by atoms with E-state index in [0.29, 0.717) is 0 Å². The predicted octanol–water partition coefficient (Wildman–Crippen LogP) is 1.41. The van der Waals surface area contributed by atoms with Crippen molar-refractivity contribution in [2.45, 2.75) is 47.1 Å². The first-order valence-corrected chi connectivity index (χ1v) is 6.19. The minimum Gasteiger partial charge on any atom is -0.468 e. The molecule has 0 radical (unpaired) electrons. The molecule has 0 saturated carbocycles. The molecule has 0 aromatic rings. The second-order valence-corrected chi connectivity index (χ2v) is 5.32. The lowest BCUT2D eigenvalue weighted by Crippen LogP contribution is -2.50. The molecular weight excluding hydrogens is 232 g/mol. The Kier molecular flexibility index (Phi) is 9.53. The molecule has 0 bridgehead atoms. The van der Waals surface area contributed by atoms with E-state index in [9.17, 15) is 9.59 Å². The van der Waals surface area contributed by atoms with E-state index < -0.39 is 12.0 Å². The molecule has 1 amide bonds. The highest BCUT2D eigenvalue weighted by Crippen LogP contribution is 2.18. The van der Waals surface area contributed by atoms with Crippen molar-refractivity contribution in [3.05, 3.63) is 0 Å². The summed E-state index contributed by atoms with van der Waals surface area (Å²) in [5.74, 6) is -0.708. The third kappa shape index (κ3) is 8.06. The molecule has 18 heavy (non-hydrogen) atoms. The van der Waals surface area contributed by atoms with Gasteiger partial charge in [0, 0.05) is 7.05 Å². The van der Waals surface area contributed by atoms with Crippen LogP contribution in [-0.2, 0) is 14.3 Å². The number of esters is 1. The average molecular weight is 260 g/mol. The summed E-state index contributed by atoms with van der Waals surface area (Å²) in [5.41, 5.74) is 5.45. The van der Waals surface area contributed by atoms with Crippen LogP contribution in [0, 0.1) is 5.41 Å². The summed E-state index contributed by atoms with van der Waals surface area (Å²) in [6.07, 6.45) is 1.25. The van der Waals surface area contributed by atoms with E-state index in [4.69, 9.17) is 5.73 Å². The van der Waals surface area contributed by atoms with Crippen molar-refractivity contribution in [2.75, 3.05) is 20.7 Å². The standard InChI is InChI=1S/C10H20N2O3.C3H8/c1-10(2,3)8(11)9(14)12(4)6-7(13)15-5;1-3-2/h8H,6,11H2,1-5H3;3H2,1-2H3. The Bertz CT molecular complexity index is 259. The molecule has 0 aromatic carbocycles. The Balaban J connectivity index is 0. The van der Waals surface area contributed by atoms with Gasteiger partial charge in [0.2, 0.25) is 5.91 Å². The van der Waals surface area contributed by atoms with Gasteiger partial charge in [0.05, 0.1) is 13.2 Å². The summed E-state index contributed by atoms with van der Waals surface area (Å²) >= 11 is 0. The van der Waals surface area contributed by atoms with Gasteiger partial charge in [-0.1, -0.05) is 41.0 Å². The number of nitrogens with zero attached hydrogens (tertiary/aromatic N) is 1. The maximum Gasteiger partial charge on any atom is 0.325 e. The number of methoxy groups -OCH3 is 1. The molecule has 0 fully saturated rings. The highest BCUT2D eigenvalue weighted by Gasteiger charge is 2.30. The van der Waals surface area contributed by atoms with E-state index in [1.807, 2.05) is 20.8 Å². The number of hydrogen-bond acceptors (Lipinski definition) is 4. The smallest absolute Gasteiger partial charge is 0.325 e. The summed E-state index contributed by atoms with van der Waals surface area (Å²) in [6.45, 7) is 9.81. The second kappa shape index (κ2) is 8.91. The van der Waals surface area contributed by atoms with Gasteiger partial charge < -0.3 is 15.4 Å². The number of amides is 1. The largest absolute Gasteiger partial charge is 0.468 e. The van der Waals surface area contributed by atoms with Crippen LogP contribution in [0.5, 0.6) is 0 Å². The monoisotopic (exact) mass is 260 g/mol. The van der Waals surface area contributed by atoms with Crippen LogP contribution in [0.1, 0.15) is 41.0 Å². The summed E-state index contributed by atoms with van der Waals surface area (Å²) in [7, 11) is 2.81. The maximum atomic E-state index is 11.7. The number of rotatable bonds is 3. The normalized spacial score (nSPS) is 12.0. The average Bonchev–Trinajstić information content (AvgIpc) is 2.26. The van der Waals surface area contributed by atoms with Crippen LogP contribution >= 0.6 is 0 Å². The third-order valence-corrected chi connectivity index (χ3v) is 2.17. The molecule has 0 rings (SSSR count). The van der Waals surface area contributed by atoms with E-state index in [1.165, 1.54) is 25.5 Å². The van der Waals surface area contributed by atoms with Crippen LogP contribution in [0.3, 0.4) is 0 Å². The van der Waals surface area contributed by atoms with Crippen LogP contribution in [0.25, 0.3) is 0 Å². The van der Waals surface area contributed by atoms with Crippen molar-refractivity contribution in [3.63, 3.8) is 0 Å². The van der Waals surface area contributed by atoms with E-state index in [-0.39, 0.29) is 17.9 Å². The van der Waals surface area contributed by atoms with Crippen LogP contribution < -0.4 is 5.73 Å². The number of carbonyl (C=O) groups is 2. The zero-order chi connectivity index (χ0) is 14.9. The topological polar surface area (TPSA) is 72.6 Å².